The molecule has 2 aromatic carbocycles. The summed E-state index contributed by atoms with van der Waals surface area (Å²) in [5, 5.41) is 2.84. The SMILES string of the molecule is O=C(COc1ccc2c(c1)CCC2)Nc1cccc(OCc2ccccn2)c1. The number of benzene rings is 2. The predicted molar refractivity (Wildman–Crippen MR) is 108 cm³/mol. The molecule has 1 heterocycles. The van der Waals surface area contributed by atoms with Crippen LogP contribution in [0.25, 0.3) is 0 Å². The van der Waals surface area contributed by atoms with E-state index in [0.717, 1.165) is 24.3 Å². The van der Waals surface area contributed by atoms with Crippen molar-refractivity contribution in [1.82, 2.24) is 4.98 Å². The van der Waals surface area contributed by atoms with Gasteiger partial charge in [0.05, 0.1) is 5.69 Å². The van der Waals surface area contributed by atoms with Crippen LogP contribution in [0, 0.1) is 0 Å². The summed E-state index contributed by atoms with van der Waals surface area (Å²) >= 11 is 0. The summed E-state index contributed by atoms with van der Waals surface area (Å²) < 4.78 is 11.4. The Morgan fingerprint density at radius 2 is 1.82 bits per heavy atom. The second kappa shape index (κ2) is 8.57. The van der Waals surface area contributed by atoms with Gasteiger partial charge in [-0.05, 0) is 66.8 Å². The highest BCUT2D eigenvalue weighted by molar-refractivity contribution is 5.92. The van der Waals surface area contributed by atoms with E-state index in [-0.39, 0.29) is 12.5 Å². The maximum absolute atomic E-state index is 12.2. The average molecular weight is 374 g/mol. The van der Waals surface area contributed by atoms with Crippen LogP contribution in [0.4, 0.5) is 5.69 Å². The van der Waals surface area contributed by atoms with Crippen LogP contribution in [0.1, 0.15) is 23.2 Å². The van der Waals surface area contributed by atoms with Crippen LogP contribution >= 0.6 is 0 Å². The molecule has 0 bridgehead atoms. The van der Waals surface area contributed by atoms with Crippen molar-refractivity contribution < 1.29 is 14.3 Å². The molecule has 0 unspecified atom stereocenters. The Bertz CT molecular complexity index is 957. The second-order valence-electron chi connectivity index (χ2n) is 6.76. The van der Waals surface area contributed by atoms with E-state index in [4.69, 9.17) is 9.47 Å². The molecule has 3 aromatic rings. The van der Waals surface area contributed by atoms with Gasteiger partial charge in [-0.3, -0.25) is 9.78 Å². The topological polar surface area (TPSA) is 60.5 Å². The zero-order valence-corrected chi connectivity index (χ0v) is 15.6. The highest BCUT2D eigenvalue weighted by Gasteiger charge is 2.12. The number of hydrogen-bond donors (Lipinski definition) is 1. The molecule has 1 amide bonds. The highest BCUT2D eigenvalue weighted by atomic mass is 16.5. The van der Waals surface area contributed by atoms with E-state index < -0.39 is 0 Å². The Morgan fingerprint density at radius 3 is 2.71 bits per heavy atom. The highest BCUT2D eigenvalue weighted by Crippen LogP contribution is 2.26. The maximum atomic E-state index is 12.2. The molecule has 0 saturated heterocycles. The van der Waals surface area contributed by atoms with Gasteiger partial charge in [0, 0.05) is 18.0 Å². The smallest absolute Gasteiger partial charge is 0.262 e. The van der Waals surface area contributed by atoms with Crippen molar-refractivity contribution >= 4 is 11.6 Å². The molecule has 142 valence electrons. The second-order valence-corrected chi connectivity index (χ2v) is 6.76. The number of carbonyl (C=O) groups excluding carboxylic acids is 1. The van der Waals surface area contributed by atoms with E-state index in [0.29, 0.717) is 18.0 Å². The fourth-order valence-electron chi connectivity index (χ4n) is 3.29. The lowest BCUT2D eigenvalue weighted by Gasteiger charge is -2.10. The van der Waals surface area contributed by atoms with Crippen LogP contribution < -0.4 is 14.8 Å². The molecule has 0 spiro atoms. The summed E-state index contributed by atoms with van der Waals surface area (Å²) in [7, 11) is 0. The van der Waals surface area contributed by atoms with Gasteiger partial charge >= 0.3 is 0 Å². The molecule has 0 aliphatic heterocycles. The summed E-state index contributed by atoms with van der Waals surface area (Å²) in [6, 6.07) is 19.1. The number of aromatic nitrogens is 1. The average Bonchev–Trinajstić information content (AvgIpc) is 3.20. The van der Waals surface area contributed by atoms with Crippen LogP contribution in [0.5, 0.6) is 11.5 Å². The molecule has 4 rings (SSSR count). The minimum atomic E-state index is -0.206. The third-order valence-electron chi connectivity index (χ3n) is 4.67. The van der Waals surface area contributed by atoms with Crippen molar-refractivity contribution in [2.24, 2.45) is 0 Å². The van der Waals surface area contributed by atoms with E-state index in [2.05, 4.69) is 16.4 Å². The van der Waals surface area contributed by atoms with Crippen LogP contribution in [-0.2, 0) is 24.2 Å². The van der Waals surface area contributed by atoms with Gasteiger partial charge in [0.2, 0.25) is 0 Å². The molecular weight excluding hydrogens is 352 g/mol. The van der Waals surface area contributed by atoms with E-state index in [1.807, 2.05) is 48.5 Å². The number of hydrogen-bond acceptors (Lipinski definition) is 4. The van der Waals surface area contributed by atoms with Crippen LogP contribution in [0.2, 0.25) is 0 Å². The molecule has 0 saturated carbocycles. The Hall–Kier alpha value is -3.34. The summed E-state index contributed by atoms with van der Waals surface area (Å²) in [6.45, 7) is 0.345. The summed E-state index contributed by atoms with van der Waals surface area (Å²) in [4.78, 5) is 16.5. The fourth-order valence-corrected chi connectivity index (χ4v) is 3.29. The first kappa shape index (κ1) is 18.0. The van der Waals surface area contributed by atoms with Gasteiger partial charge in [-0.15, -0.1) is 0 Å². The first-order chi connectivity index (χ1) is 13.8. The number of amides is 1. The molecule has 1 aromatic heterocycles. The number of ether oxygens (including phenoxy) is 2. The van der Waals surface area contributed by atoms with Gasteiger partial charge < -0.3 is 14.8 Å². The van der Waals surface area contributed by atoms with Crippen LogP contribution in [0.3, 0.4) is 0 Å². The number of nitrogens with zero attached hydrogens (tertiary/aromatic N) is 1. The van der Waals surface area contributed by atoms with Crippen LogP contribution in [-0.4, -0.2) is 17.5 Å². The first-order valence-corrected chi connectivity index (χ1v) is 9.43. The summed E-state index contributed by atoms with van der Waals surface area (Å²) in [5.41, 5.74) is 4.23. The van der Waals surface area contributed by atoms with Crippen molar-refractivity contribution in [2.45, 2.75) is 25.9 Å². The molecule has 5 nitrogen and oxygen atoms in total. The minimum Gasteiger partial charge on any atom is -0.487 e. The largest absolute Gasteiger partial charge is 0.487 e. The van der Waals surface area contributed by atoms with E-state index in [1.165, 1.54) is 17.5 Å². The number of pyridine rings is 1. The summed E-state index contributed by atoms with van der Waals surface area (Å²) in [6.07, 6.45) is 5.15. The Labute approximate surface area is 164 Å². The molecule has 5 heteroatoms. The number of aryl methyl sites for hydroxylation is 2. The zero-order chi connectivity index (χ0) is 19.2. The van der Waals surface area contributed by atoms with Gasteiger partial charge in [-0.2, -0.15) is 0 Å². The van der Waals surface area contributed by atoms with Gasteiger partial charge in [-0.1, -0.05) is 18.2 Å². The number of rotatable bonds is 7. The van der Waals surface area contributed by atoms with E-state index in [1.54, 1.807) is 12.3 Å². The molecule has 0 radical (unpaired) electrons. The third kappa shape index (κ3) is 4.68. The normalized spacial score (nSPS) is 12.3. The molecule has 28 heavy (non-hydrogen) atoms. The van der Waals surface area contributed by atoms with Crippen LogP contribution in [0.15, 0.2) is 66.9 Å². The molecule has 0 atom stereocenters. The first-order valence-electron chi connectivity index (χ1n) is 9.43. The monoisotopic (exact) mass is 374 g/mol. The number of nitrogens with one attached hydrogen (secondary N) is 1. The van der Waals surface area contributed by atoms with Crippen molar-refractivity contribution in [1.29, 1.82) is 0 Å². The van der Waals surface area contributed by atoms with Crippen molar-refractivity contribution in [2.75, 3.05) is 11.9 Å². The van der Waals surface area contributed by atoms with Gasteiger partial charge in [-0.25, -0.2) is 0 Å². The lowest BCUT2D eigenvalue weighted by molar-refractivity contribution is -0.118. The van der Waals surface area contributed by atoms with Crippen molar-refractivity contribution in [3.63, 3.8) is 0 Å². The number of anilines is 1. The fraction of sp³-hybridized carbons (Fsp3) is 0.217. The lowest BCUT2D eigenvalue weighted by Crippen LogP contribution is -2.20. The Balaban J connectivity index is 1.29. The third-order valence-corrected chi connectivity index (χ3v) is 4.67. The molecular formula is C23H22N2O3. The Kier molecular flexibility index (Phi) is 5.52. The maximum Gasteiger partial charge on any atom is 0.262 e. The minimum absolute atomic E-state index is 0.0300. The van der Waals surface area contributed by atoms with Gasteiger partial charge in [0.25, 0.3) is 5.91 Å². The molecule has 1 aliphatic carbocycles. The molecule has 1 N–H and O–H groups in total. The standard InChI is InChI=1S/C23H22N2O3/c26-23(16-28-22-11-10-17-5-3-6-18(17)13-22)25-19-8-4-9-21(14-19)27-15-20-7-1-2-12-24-20/h1-2,4,7-14H,3,5-6,15-16H2,(H,25,26). The van der Waals surface area contributed by atoms with Gasteiger partial charge in [0.1, 0.15) is 18.1 Å². The van der Waals surface area contributed by atoms with Crippen molar-refractivity contribution in [3.8, 4) is 11.5 Å². The van der Waals surface area contributed by atoms with E-state index >= 15 is 0 Å². The lowest BCUT2D eigenvalue weighted by atomic mass is 10.1. The Morgan fingerprint density at radius 1 is 0.929 bits per heavy atom. The number of fused-ring (bicyclic) bond motifs is 1. The van der Waals surface area contributed by atoms with Gasteiger partial charge in [0.15, 0.2) is 6.61 Å². The van der Waals surface area contributed by atoms with Crippen molar-refractivity contribution in [3.05, 3.63) is 83.7 Å². The predicted octanol–water partition coefficient (Wildman–Crippen LogP) is 4.17. The molecule has 1 aliphatic rings. The molecule has 0 fully saturated rings. The van der Waals surface area contributed by atoms with E-state index in [9.17, 15) is 4.79 Å². The number of carbonyl (C=O) groups is 1. The quantitative estimate of drug-likeness (QED) is 0.674. The summed E-state index contributed by atoms with van der Waals surface area (Å²) in [5.74, 6) is 1.20. The zero-order valence-electron chi connectivity index (χ0n) is 15.6.